The lowest BCUT2D eigenvalue weighted by atomic mass is 10.1. The number of hydrogen-bond donors (Lipinski definition) is 0. The third-order valence-corrected chi connectivity index (χ3v) is 3.30. The number of carbonyl (C=O) groups excluding carboxylic acids is 1. The monoisotopic (exact) mass is 288 g/mol. The summed E-state index contributed by atoms with van der Waals surface area (Å²) in [6, 6.07) is 12.9. The van der Waals surface area contributed by atoms with Crippen molar-refractivity contribution in [2.75, 3.05) is 13.6 Å². The number of pyridine rings is 1. The molecule has 0 spiro atoms. The highest BCUT2D eigenvalue weighted by atomic mass is 35.5. The molecular formula is C16H17ClN2O. The van der Waals surface area contributed by atoms with Gasteiger partial charge in [-0.15, -0.1) is 0 Å². The van der Waals surface area contributed by atoms with E-state index in [1.165, 1.54) is 0 Å². The van der Waals surface area contributed by atoms with Crippen LogP contribution in [0, 0.1) is 0 Å². The number of hydrogen-bond acceptors (Lipinski definition) is 3. The second-order valence-electron chi connectivity index (χ2n) is 4.74. The Morgan fingerprint density at radius 3 is 2.60 bits per heavy atom. The standard InChI is InChI=1S/C16H17ClN2O/c1-19(12-15-4-2-3-10-18-15)11-9-16(20)13-5-7-14(17)8-6-13/h2-8,10H,9,11-12H2,1H3. The highest BCUT2D eigenvalue weighted by Crippen LogP contribution is 2.11. The van der Waals surface area contributed by atoms with Crippen molar-refractivity contribution in [1.29, 1.82) is 0 Å². The topological polar surface area (TPSA) is 33.2 Å². The van der Waals surface area contributed by atoms with E-state index in [2.05, 4.69) is 9.88 Å². The Morgan fingerprint density at radius 2 is 1.95 bits per heavy atom. The van der Waals surface area contributed by atoms with Crippen molar-refractivity contribution >= 4 is 17.4 Å². The summed E-state index contributed by atoms with van der Waals surface area (Å²) in [5.74, 6) is 0.134. The lowest BCUT2D eigenvalue weighted by Crippen LogP contribution is -2.22. The summed E-state index contributed by atoms with van der Waals surface area (Å²) in [7, 11) is 1.99. The lowest BCUT2D eigenvalue weighted by molar-refractivity contribution is 0.0967. The molecule has 0 aliphatic carbocycles. The molecule has 1 aromatic heterocycles. The van der Waals surface area contributed by atoms with E-state index in [-0.39, 0.29) is 5.78 Å². The maximum Gasteiger partial charge on any atom is 0.164 e. The molecule has 0 saturated heterocycles. The van der Waals surface area contributed by atoms with Crippen LogP contribution < -0.4 is 0 Å². The molecule has 2 aromatic rings. The van der Waals surface area contributed by atoms with Gasteiger partial charge in [0, 0.05) is 36.3 Å². The van der Waals surface area contributed by atoms with Gasteiger partial charge in [0.25, 0.3) is 0 Å². The van der Waals surface area contributed by atoms with Gasteiger partial charge in [-0.3, -0.25) is 9.78 Å². The van der Waals surface area contributed by atoms with E-state index in [0.29, 0.717) is 23.6 Å². The van der Waals surface area contributed by atoms with Gasteiger partial charge in [0.1, 0.15) is 0 Å². The minimum Gasteiger partial charge on any atom is -0.300 e. The van der Waals surface area contributed by atoms with Crippen LogP contribution in [0.5, 0.6) is 0 Å². The maximum atomic E-state index is 12.0. The zero-order valence-electron chi connectivity index (χ0n) is 11.4. The zero-order chi connectivity index (χ0) is 14.4. The van der Waals surface area contributed by atoms with Crippen molar-refractivity contribution in [3.05, 3.63) is 64.9 Å². The molecule has 0 radical (unpaired) electrons. The average Bonchev–Trinajstić information content (AvgIpc) is 2.46. The number of Topliss-reactive ketones (excluding diaryl/α,β-unsaturated/α-hetero) is 1. The van der Waals surface area contributed by atoms with E-state index in [0.717, 1.165) is 12.2 Å². The van der Waals surface area contributed by atoms with Gasteiger partial charge in [-0.2, -0.15) is 0 Å². The van der Waals surface area contributed by atoms with Gasteiger partial charge in [0.2, 0.25) is 0 Å². The number of halogens is 1. The average molecular weight is 289 g/mol. The Kier molecular flexibility index (Phi) is 5.27. The third kappa shape index (κ3) is 4.44. The van der Waals surface area contributed by atoms with Crippen molar-refractivity contribution in [2.24, 2.45) is 0 Å². The Balaban J connectivity index is 1.82. The van der Waals surface area contributed by atoms with Gasteiger partial charge < -0.3 is 4.90 Å². The molecular weight excluding hydrogens is 272 g/mol. The van der Waals surface area contributed by atoms with E-state index in [1.54, 1.807) is 30.5 Å². The number of benzene rings is 1. The van der Waals surface area contributed by atoms with E-state index in [1.807, 2.05) is 25.2 Å². The molecule has 1 aromatic carbocycles. The highest BCUT2D eigenvalue weighted by molar-refractivity contribution is 6.30. The third-order valence-electron chi connectivity index (χ3n) is 3.04. The maximum absolute atomic E-state index is 12.0. The first kappa shape index (κ1) is 14.7. The molecule has 0 N–H and O–H groups in total. The minimum atomic E-state index is 0.134. The van der Waals surface area contributed by atoms with Crippen molar-refractivity contribution in [2.45, 2.75) is 13.0 Å². The molecule has 20 heavy (non-hydrogen) atoms. The van der Waals surface area contributed by atoms with Crippen LogP contribution in [0.4, 0.5) is 0 Å². The molecule has 1 heterocycles. The van der Waals surface area contributed by atoms with Gasteiger partial charge in [0.05, 0.1) is 5.69 Å². The summed E-state index contributed by atoms with van der Waals surface area (Å²) in [5.41, 5.74) is 1.72. The number of nitrogens with zero attached hydrogens (tertiary/aromatic N) is 2. The van der Waals surface area contributed by atoms with Gasteiger partial charge in [0.15, 0.2) is 5.78 Å². The molecule has 0 bridgehead atoms. The van der Waals surface area contributed by atoms with Crippen LogP contribution >= 0.6 is 11.6 Å². The zero-order valence-corrected chi connectivity index (χ0v) is 12.2. The molecule has 0 aliphatic heterocycles. The molecule has 3 nitrogen and oxygen atoms in total. The smallest absolute Gasteiger partial charge is 0.164 e. The second-order valence-corrected chi connectivity index (χ2v) is 5.18. The predicted molar refractivity (Wildman–Crippen MR) is 81.0 cm³/mol. The first-order chi connectivity index (χ1) is 9.65. The normalized spacial score (nSPS) is 10.8. The van der Waals surface area contributed by atoms with Crippen LogP contribution in [-0.2, 0) is 6.54 Å². The van der Waals surface area contributed by atoms with Crippen molar-refractivity contribution in [3.63, 3.8) is 0 Å². The Labute approximate surface area is 124 Å². The molecule has 0 unspecified atom stereocenters. The lowest BCUT2D eigenvalue weighted by Gasteiger charge is -2.15. The second kappa shape index (κ2) is 7.17. The van der Waals surface area contributed by atoms with E-state index < -0.39 is 0 Å². The molecule has 2 rings (SSSR count). The summed E-state index contributed by atoms with van der Waals surface area (Å²) in [5, 5.41) is 0.647. The van der Waals surface area contributed by atoms with Gasteiger partial charge in [-0.05, 0) is 43.4 Å². The molecule has 0 amide bonds. The number of ketones is 1. The fourth-order valence-corrected chi connectivity index (χ4v) is 2.05. The van der Waals surface area contributed by atoms with Crippen molar-refractivity contribution in [3.8, 4) is 0 Å². The van der Waals surface area contributed by atoms with Crippen LogP contribution in [0.25, 0.3) is 0 Å². The Hall–Kier alpha value is -1.71. The van der Waals surface area contributed by atoms with Gasteiger partial charge >= 0.3 is 0 Å². The highest BCUT2D eigenvalue weighted by Gasteiger charge is 2.08. The molecule has 0 atom stereocenters. The molecule has 4 heteroatoms. The molecule has 0 saturated carbocycles. The fraction of sp³-hybridized carbons (Fsp3) is 0.250. The fourth-order valence-electron chi connectivity index (χ4n) is 1.92. The van der Waals surface area contributed by atoms with Crippen LogP contribution in [-0.4, -0.2) is 29.3 Å². The van der Waals surface area contributed by atoms with Crippen LogP contribution in [0.15, 0.2) is 48.7 Å². The van der Waals surface area contributed by atoms with Gasteiger partial charge in [-0.1, -0.05) is 17.7 Å². The first-order valence-corrected chi connectivity index (χ1v) is 6.90. The molecule has 0 fully saturated rings. The predicted octanol–water partition coefficient (Wildman–Crippen LogP) is 3.44. The largest absolute Gasteiger partial charge is 0.300 e. The minimum absolute atomic E-state index is 0.134. The number of aromatic nitrogens is 1. The quantitative estimate of drug-likeness (QED) is 0.764. The van der Waals surface area contributed by atoms with Gasteiger partial charge in [-0.25, -0.2) is 0 Å². The van der Waals surface area contributed by atoms with Crippen LogP contribution in [0.3, 0.4) is 0 Å². The summed E-state index contributed by atoms with van der Waals surface area (Å²) >= 11 is 5.81. The summed E-state index contributed by atoms with van der Waals surface area (Å²) in [4.78, 5) is 18.4. The molecule has 104 valence electrons. The summed E-state index contributed by atoms with van der Waals surface area (Å²) in [6.07, 6.45) is 2.27. The Morgan fingerprint density at radius 1 is 1.20 bits per heavy atom. The molecule has 0 aliphatic rings. The number of rotatable bonds is 6. The first-order valence-electron chi connectivity index (χ1n) is 6.52. The Bertz CT molecular complexity index is 554. The van der Waals surface area contributed by atoms with Crippen molar-refractivity contribution in [1.82, 2.24) is 9.88 Å². The van der Waals surface area contributed by atoms with E-state index in [9.17, 15) is 4.79 Å². The van der Waals surface area contributed by atoms with Crippen molar-refractivity contribution < 1.29 is 4.79 Å². The van der Waals surface area contributed by atoms with E-state index >= 15 is 0 Å². The summed E-state index contributed by atoms with van der Waals surface area (Å²) < 4.78 is 0. The van der Waals surface area contributed by atoms with Crippen LogP contribution in [0.2, 0.25) is 5.02 Å². The van der Waals surface area contributed by atoms with E-state index in [4.69, 9.17) is 11.6 Å². The van der Waals surface area contributed by atoms with Crippen LogP contribution in [0.1, 0.15) is 22.5 Å². The number of carbonyl (C=O) groups is 1. The summed E-state index contributed by atoms with van der Waals surface area (Å²) in [6.45, 7) is 1.45. The SMILES string of the molecule is CN(CCC(=O)c1ccc(Cl)cc1)Cc1ccccn1.